The first-order valence-corrected chi connectivity index (χ1v) is 10.4. The van der Waals surface area contributed by atoms with E-state index in [1.54, 1.807) is 11.3 Å². The fourth-order valence-corrected chi connectivity index (χ4v) is 4.75. The molecule has 3 aromatic rings. The minimum Gasteiger partial charge on any atom is -0.388 e. The molecule has 0 spiro atoms. The van der Waals surface area contributed by atoms with Gasteiger partial charge < -0.3 is 10.0 Å². The number of hydrogen-bond donors (Lipinski definition) is 1. The van der Waals surface area contributed by atoms with Gasteiger partial charge in [-0.15, -0.1) is 11.3 Å². The van der Waals surface area contributed by atoms with Crippen LogP contribution in [0.3, 0.4) is 0 Å². The molecule has 0 bridgehead atoms. The van der Waals surface area contributed by atoms with Gasteiger partial charge in [-0.2, -0.15) is 0 Å². The average Bonchev–Trinajstić information content (AvgIpc) is 3.15. The Bertz CT molecular complexity index is 868. The second-order valence-electron chi connectivity index (χ2n) is 7.15. The second kappa shape index (κ2) is 8.19. The number of aromatic nitrogens is 1. The minimum atomic E-state index is -0.439. The maximum Gasteiger partial charge on any atom is 0.222 e. The number of carbonyl (C=O) groups excluding carboxylic acids is 1. The van der Waals surface area contributed by atoms with Gasteiger partial charge in [-0.25, -0.2) is 4.98 Å². The van der Waals surface area contributed by atoms with Crippen LogP contribution >= 0.6 is 11.3 Å². The van der Waals surface area contributed by atoms with Crippen molar-refractivity contribution in [3.05, 3.63) is 65.2 Å². The molecule has 2 heterocycles. The normalized spacial score (nSPS) is 16.6. The lowest BCUT2D eigenvalue weighted by molar-refractivity contribution is -0.133. The van der Waals surface area contributed by atoms with Crippen molar-refractivity contribution in [2.24, 2.45) is 5.92 Å². The number of hydrogen-bond acceptors (Lipinski definition) is 4. The Kier molecular flexibility index (Phi) is 5.50. The summed E-state index contributed by atoms with van der Waals surface area (Å²) >= 11 is 1.67. The molecule has 0 saturated carbocycles. The van der Waals surface area contributed by atoms with Crippen LogP contribution < -0.4 is 0 Å². The van der Waals surface area contributed by atoms with Crippen LogP contribution in [0.2, 0.25) is 0 Å². The summed E-state index contributed by atoms with van der Waals surface area (Å²) < 4.78 is 1.18. The molecule has 1 aliphatic rings. The number of rotatable bonds is 5. The highest BCUT2D eigenvalue weighted by atomic mass is 32.1. The molecule has 140 valence electrons. The highest BCUT2D eigenvalue weighted by Crippen LogP contribution is 2.31. The minimum absolute atomic E-state index is 0.196. The van der Waals surface area contributed by atoms with Gasteiger partial charge in [0, 0.05) is 25.9 Å². The number of carbonyl (C=O) groups is 1. The highest BCUT2D eigenvalue weighted by Gasteiger charge is 2.28. The molecule has 1 atom stereocenters. The van der Waals surface area contributed by atoms with E-state index < -0.39 is 6.10 Å². The van der Waals surface area contributed by atoms with E-state index >= 15 is 0 Å². The summed E-state index contributed by atoms with van der Waals surface area (Å²) in [6.07, 6.45) is 2.47. The number of amides is 1. The molecule has 1 N–H and O–H groups in total. The third-order valence-corrected chi connectivity index (χ3v) is 6.47. The Labute approximate surface area is 163 Å². The number of likely N-dealkylation sites (tertiary alicyclic amines) is 1. The van der Waals surface area contributed by atoms with Gasteiger partial charge in [0.05, 0.1) is 21.3 Å². The summed E-state index contributed by atoms with van der Waals surface area (Å²) in [5.74, 6) is 0.419. The molecule has 4 nitrogen and oxygen atoms in total. The van der Waals surface area contributed by atoms with Crippen molar-refractivity contribution in [3.8, 4) is 0 Å². The van der Waals surface area contributed by atoms with E-state index in [0.717, 1.165) is 42.0 Å². The fourth-order valence-electron chi connectivity index (χ4n) is 3.79. The van der Waals surface area contributed by atoms with Crippen molar-refractivity contribution < 1.29 is 9.90 Å². The van der Waals surface area contributed by atoms with E-state index in [9.17, 15) is 9.90 Å². The lowest BCUT2D eigenvalue weighted by Gasteiger charge is -2.34. The topological polar surface area (TPSA) is 53.4 Å². The van der Waals surface area contributed by atoms with Crippen LogP contribution in [-0.4, -0.2) is 34.0 Å². The summed E-state index contributed by atoms with van der Waals surface area (Å²) in [5.41, 5.74) is 1.98. The monoisotopic (exact) mass is 380 g/mol. The van der Waals surface area contributed by atoms with Gasteiger partial charge in [-0.1, -0.05) is 42.5 Å². The Morgan fingerprint density at radius 3 is 2.56 bits per heavy atom. The van der Waals surface area contributed by atoms with E-state index in [2.05, 4.69) is 11.1 Å². The van der Waals surface area contributed by atoms with Gasteiger partial charge in [0.1, 0.15) is 0 Å². The van der Waals surface area contributed by atoms with Crippen molar-refractivity contribution >= 4 is 27.5 Å². The van der Waals surface area contributed by atoms with Gasteiger partial charge in [0.25, 0.3) is 0 Å². The van der Waals surface area contributed by atoms with Gasteiger partial charge >= 0.3 is 0 Å². The van der Waals surface area contributed by atoms with E-state index in [1.165, 1.54) is 4.70 Å². The molecule has 27 heavy (non-hydrogen) atoms. The Balaban J connectivity index is 1.28. The molecular weight excluding hydrogens is 356 g/mol. The van der Waals surface area contributed by atoms with Crippen LogP contribution in [-0.2, 0) is 11.2 Å². The Morgan fingerprint density at radius 1 is 1.11 bits per heavy atom. The lowest BCUT2D eigenvalue weighted by atomic mass is 9.87. The first-order valence-electron chi connectivity index (χ1n) is 9.56. The smallest absolute Gasteiger partial charge is 0.222 e. The molecule has 0 unspecified atom stereocenters. The molecule has 5 heteroatoms. The predicted molar refractivity (Wildman–Crippen MR) is 109 cm³/mol. The lowest BCUT2D eigenvalue weighted by Crippen LogP contribution is -2.39. The first-order chi connectivity index (χ1) is 13.2. The molecular formula is C22H24N2O2S. The van der Waals surface area contributed by atoms with Crippen LogP contribution in [0.25, 0.3) is 10.2 Å². The molecule has 1 amide bonds. The summed E-state index contributed by atoms with van der Waals surface area (Å²) in [6.45, 7) is 1.46. The quantitative estimate of drug-likeness (QED) is 0.722. The van der Waals surface area contributed by atoms with Crippen LogP contribution in [0, 0.1) is 5.92 Å². The zero-order valence-electron chi connectivity index (χ0n) is 15.3. The summed E-state index contributed by atoms with van der Waals surface area (Å²) in [6, 6.07) is 17.9. The van der Waals surface area contributed by atoms with Crippen LogP contribution in [0.15, 0.2) is 54.6 Å². The van der Waals surface area contributed by atoms with Gasteiger partial charge in [-0.05, 0) is 36.5 Å². The van der Waals surface area contributed by atoms with Crippen LogP contribution in [0.5, 0.6) is 0 Å². The number of fused-ring (bicyclic) bond motifs is 1. The Morgan fingerprint density at radius 2 is 1.81 bits per heavy atom. The van der Waals surface area contributed by atoms with E-state index in [4.69, 9.17) is 0 Å². The Hall–Kier alpha value is -2.24. The molecule has 0 aliphatic carbocycles. The molecule has 2 aromatic carbocycles. The maximum atomic E-state index is 12.6. The molecule has 1 aromatic heterocycles. The largest absolute Gasteiger partial charge is 0.388 e. The van der Waals surface area contributed by atoms with Crippen LogP contribution in [0.4, 0.5) is 0 Å². The zero-order valence-corrected chi connectivity index (χ0v) is 16.1. The standard InChI is InChI=1S/C22H24N2O2S/c25-21(11-10-20-23-18-8-4-5-9-19(18)27-20)24-14-12-17(13-15-24)22(26)16-6-2-1-3-7-16/h1-9,17,22,26H,10-15H2/t22-/m1/s1. The number of nitrogens with zero attached hydrogens (tertiary/aromatic N) is 2. The maximum absolute atomic E-state index is 12.6. The number of aliphatic hydroxyl groups excluding tert-OH is 1. The summed E-state index contributed by atoms with van der Waals surface area (Å²) in [4.78, 5) is 19.1. The van der Waals surface area contributed by atoms with Gasteiger partial charge in [0.2, 0.25) is 5.91 Å². The van der Waals surface area contributed by atoms with Gasteiger partial charge in [-0.3, -0.25) is 4.79 Å². The number of piperidine rings is 1. The van der Waals surface area contributed by atoms with Crippen molar-refractivity contribution in [1.82, 2.24) is 9.88 Å². The fraction of sp³-hybridized carbons (Fsp3) is 0.364. The third kappa shape index (κ3) is 4.20. The average molecular weight is 381 g/mol. The zero-order chi connectivity index (χ0) is 18.6. The van der Waals surface area contributed by atoms with E-state index in [0.29, 0.717) is 12.8 Å². The van der Waals surface area contributed by atoms with Crippen LogP contribution in [0.1, 0.15) is 35.9 Å². The van der Waals surface area contributed by atoms with Crippen molar-refractivity contribution in [2.45, 2.75) is 31.8 Å². The SMILES string of the molecule is O=C(CCc1nc2ccccc2s1)N1CCC([C@H](O)c2ccccc2)CC1. The highest BCUT2D eigenvalue weighted by molar-refractivity contribution is 7.18. The summed E-state index contributed by atoms with van der Waals surface area (Å²) in [5, 5.41) is 11.6. The number of benzene rings is 2. The molecule has 1 aliphatic heterocycles. The van der Waals surface area contributed by atoms with Gasteiger partial charge in [0.15, 0.2) is 0 Å². The van der Waals surface area contributed by atoms with Crippen molar-refractivity contribution in [2.75, 3.05) is 13.1 Å². The third-order valence-electron chi connectivity index (χ3n) is 5.37. The first kappa shape index (κ1) is 18.1. The second-order valence-corrected chi connectivity index (χ2v) is 8.26. The van der Waals surface area contributed by atoms with Crippen molar-refractivity contribution in [3.63, 3.8) is 0 Å². The number of aliphatic hydroxyl groups is 1. The predicted octanol–water partition coefficient (Wildman–Crippen LogP) is 4.20. The molecule has 4 rings (SSSR count). The number of aryl methyl sites for hydroxylation is 1. The van der Waals surface area contributed by atoms with Crippen molar-refractivity contribution in [1.29, 1.82) is 0 Å². The molecule has 1 saturated heterocycles. The molecule has 0 radical (unpaired) electrons. The van der Waals surface area contributed by atoms with E-state index in [1.807, 2.05) is 53.4 Å². The molecule has 1 fully saturated rings. The summed E-state index contributed by atoms with van der Waals surface area (Å²) in [7, 11) is 0. The number of para-hydroxylation sites is 1. The number of thiazole rings is 1. The van der Waals surface area contributed by atoms with E-state index in [-0.39, 0.29) is 11.8 Å².